The number of benzene rings is 2. The van der Waals surface area contributed by atoms with E-state index in [1.807, 2.05) is 6.07 Å². The van der Waals surface area contributed by atoms with Crippen molar-refractivity contribution in [3.05, 3.63) is 71.3 Å². The number of amides is 1. The number of ether oxygens (including phenoxy) is 1. The highest BCUT2D eigenvalue weighted by atomic mass is 16.5. The van der Waals surface area contributed by atoms with Gasteiger partial charge < -0.3 is 15.2 Å². The summed E-state index contributed by atoms with van der Waals surface area (Å²) < 4.78 is 5.10. The normalized spacial score (nSPS) is 19.4. The van der Waals surface area contributed by atoms with Crippen LogP contribution in [-0.4, -0.2) is 23.9 Å². The van der Waals surface area contributed by atoms with Crippen molar-refractivity contribution in [2.24, 2.45) is 0 Å². The Morgan fingerprint density at radius 1 is 1.04 bits per heavy atom. The van der Waals surface area contributed by atoms with Crippen molar-refractivity contribution in [2.75, 3.05) is 7.11 Å². The smallest absolute Gasteiger partial charge is 0.293 e. The van der Waals surface area contributed by atoms with E-state index in [0.717, 1.165) is 0 Å². The topological polar surface area (TPSA) is 75.6 Å². The van der Waals surface area contributed by atoms with Crippen LogP contribution >= 0.6 is 0 Å². The van der Waals surface area contributed by atoms with Crippen LogP contribution in [0.25, 0.3) is 5.76 Å². The number of hydrogen-bond acceptors (Lipinski definition) is 4. The van der Waals surface area contributed by atoms with E-state index in [0.29, 0.717) is 16.9 Å². The van der Waals surface area contributed by atoms with E-state index in [1.165, 1.54) is 0 Å². The van der Waals surface area contributed by atoms with Crippen molar-refractivity contribution in [1.82, 2.24) is 5.32 Å². The Morgan fingerprint density at radius 2 is 1.70 bits per heavy atom. The number of Topliss-reactive ketones (excluding diaryl/α,β-unsaturated/α-hetero) is 1. The van der Waals surface area contributed by atoms with Crippen molar-refractivity contribution in [2.45, 2.75) is 6.04 Å². The maximum Gasteiger partial charge on any atom is 0.293 e. The number of aliphatic hydroxyl groups excluding tert-OH is 1. The SMILES string of the molecule is COc1ccc([C@@H]2NC(=O)C(=O)/C2=C(/O)c2ccccc2)cc1. The van der Waals surface area contributed by atoms with Gasteiger partial charge in [0.2, 0.25) is 0 Å². The third-order valence-electron chi connectivity index (χ3n) is 3.77. The molecule has 1 atom stereocenters. The van der Waals surface area contributed by atoms with Gasteiger partial charge in [-0.3, -0.25) is 9.59 Å². The van der Waals surface area contributed by atoms with Crippen LogP contribution in [-0.2, 0) is 9.59 Å². The molecule has 2 N–H and O–H groups in total. The molecule has 0 spiro atoms. The van der Waals surface area contributed by atoms with Crippen LogP contribution in [0.4, 0.5) is 0 Å². The lowest BCUT2D eigenvalue weighted by Gasteiger charge is -2.14. The fraction of sp³-hybridized carbons (Fsp3) is 0.111. The Hall–Kier alpha value is -3.08. The van der Waals surface area contributed by atoms with Crippen molar-refractivity contribution in [1.29, 1.82) is 0 Å². The molecule has 5 nitrogen and oxygen atoms in total. The number of rotatable bonds is 3. The molecular formula is C18H15NO4. The Labute approximate surface area is 133 Å². The Morgan fingerprint density at radius 3 is 2.30 bits per heavy atom. The minimum Gasteiger partial charge on any atom is -0.507 e. The van der Waals surface area contributed by atoms with Crippen molar-refractivity contribution in [3.8, 4) is 5.75 Å². The van der Waals surface area contributed by atoms with Gasteiger partial charge in [0, 0.05) is 5.56 Å². The molecule has 0 saturated carbocycles. The number of hydrogen-bond donors (Lipinski definition) is 2. The van der Waals surface area contributed by atoms with Gasteiger partial charge in [-0.25, -0.2) is 0 Å². The average Bonchev–Trinajstić information content (AvgIpc) is 2.90. The van der Waals surface area contributed by atoms with Gasteiger partial charge in [-0.15, -0.1) is 0 Å². The van der Waals surface area contributed by atoms with Crippen molar-refractivity contribution in [3.63, 3.8) is 0 Å². The highest BCUT2D eigenvalue weighted by Gasteiger charge is 2.39. The fourth-order valence-corrected chi connectivity index (χ4v) is 2.56. The third-order valence-corrected chi connectivity index (χ3v) is 3.77. The van der Waals surface area contributed by atoms with E-state index < -0.39 is 17.7 Å². The molecule has 2 aromatic carbocycles. The van der Waals surface area contributed by atoms with Crippen LogP contribution in [0, 0.1) is 0 Å². The van der Waals surface area contributed by atoms with E-state index >= 15 is 0 Å². The monoisotopic (exact) mass is 309 g/mol. The molecule has 0 unspecified atom stereocenters. The standard InChI is InChI=1S/C18H15NO4/c1-23-13-9-7-11(8-10-13)15-14(17(21)18(22)19-15)16(20)12-5-3-2-4-6-12/h2-10,15,20H,1H3,(H,19,22)/b16-14+/t15-/m0/s1. The van der Waals surface area contributed by atoms with E-state index in [-0.39, 0.29) is 11.3 Å². The van der Waals surface area contributed by atoms with E-state index in [4.69, 9.17) is 4.74 Å². The number of ketones is 1. The molecule has 1 aliphatic rings. The van der Waals surface area contributed by atoms with Gasteiger partial charge in [-0.05, 0) is 17.7 Å². The second-order valence-corrected chi connectivity index (χ2v) is 5.14. The summed E-state index contributed by atoms with van der Waals surface area (Å²) in [6, 6.07) is 15.0. The quantitative estimate of drug-likeness (QED) is 0.518. The molecule has 5 heteroatoms. The first-order valence-corrected chi connectivity index (χ1v) is 7.09. The molecule has 2 aromatic rings. The molecule has 1 aliphatic heterocycles. The minimum atomic E-state index is -0.719. The highest BCUT2D eigenvalue weighted by molar-refractivity contribution is 6.46. The molecule has 0 radical (unpaired) electrons. The van der Waals surface area contributed by atoms with Crippen LogP contribution in [0.3, 0.4) is 0 Å². The predicted molar refractivity (Wildman–Crippen MR) is 84.9 cm³/mol. The van der Waals surface area contributed by atoms with Crippen molar-refractivity contribution >= 4 is 17.4 Å². The third kappa shape index (κ3) is 2.68. The summed E-state index contributed by atoms with van der Waals surface area (Å²) >= 11 is 0. The lowest BCUT2D eigenvalue weighted by Crippen LogP contribution is -2.21. The van der Waals surface area contributed by atoms with E-state index in [2.05, 4.69) is 5.32 Å². The van der Waals surface area contributed by atoms with Gasteiger partial charge in [0.15, 0.2) is 0 Å². The van der Waals surface area contributed by atoms with E-state index in [9.17, 15) is 14.7 Å². The first-order valence-electron chi connectivity index (χ1n) is 7.09. The Balaban J connectivity index is 2.08. The second kappa shape index (κ2) is 5.96. The molecule has 23 heavy (non-hydrogen) atoms. The molecule has 0 bridgehead atoms. The zero-order chi connectivity index (χ0) is 16.4. The fourth-order valence-electron chi connectivity index (χ4n) is 2.56. The molecule has 3 rings (SSSR count). The van der Waals surface area contributed by atoms with Crippen molar-refractivity contribution < 1.29 is 19.4 Å². The summed E-state index contributed by atoms with van der Waals surface area (Å²) in [6.07, 6.45) is 0. The zero-order valence-corrected chi connectivity index (χ0v) is 12.4. The summed E-state index contributed by atoms with van der Waals surface area (Å²) in [5.41, 5.74) is 1.25. The van der Waals surface area contributed by atoms with Gasteiger partial charge in [0.1, 0.15) is 11.5 Å². The lowest BCUT2D eigenvalue weighted by atomic mass is 9.96. The van der Waals surface area contributed by atoms with Gasteiger partial charge in [0.25, 0.3) is 11.7 Å². The maximum absolute atomic E-state index is 12.2. The molecular weight excluding hydrogens is 294 g/mol. The number of methoxy groups -OCH3 is 1. The number of carbonyl (C=O) groups is 2. The van der Waals surface area contributed by atoms with Gasteiger partial charge in [0.05, 0.1) is 18.7 Å². The first-order chi connectivity index (χ1) is 11.1. The largest absolute Gasteiger partial charge is 0.507 e. The minimum absolute atomic E-state index is 0.0615. The Bertz CT molecular complexity index is 778. The molecule has 0 aliphatic carbocycles. The summed E-state index contributed by atoms with van der Waals surface area (Å²) in [5.74, 6) is -0.951. The van der Waals surface area contributed by atoms with Crippen LogP contribution < -0.4 is 10.1 Å². The van der Waals surface area contributed by atoms with Gasteiger partial charge in [-0.1, -0.05) is 42.5 Å². The number of nitrogens with one attached hydrogen (secondary N) is 1. The molecule has 1 saturated heterocycles. The summed E-state index contributed by atoms with van der Waals surface area (Å²) in [5, 5.41) is 13.1. The highest BCUT2D eigenvalue weighted by Crippen LogP contribution is 2.33. The summed E-state index contributed by atoms with van der Waals surface area (Å²) in [4.78, 5) is 24.0. The van der Waals surface area contributed by atoms with Gasteiger partial charge in [-0.2, -0.15) is 0 Å². The number of carbonyl (C=O) groups excluding carboxylic acids is 2. The number of aliphatic hydroxyl groups is 1. The van der Waals surface area contributed by atoms with Crippen LogP contribution in [0.2, 0.25) is 0 Å². The second-order valence-electron chi connectivity index (χ2n) is 5.14. The predicted octanol–water partition coefficient (Wildman–Crippen LogP) is 2.40. The Kier molecular flexibility index (Phi) is 3.85. The lowest BCUT2D eigenvalue weighted by molar-refractivity contribution is -0.133. The summed E-state index contributed by atoms with van der Waals surface area (Å²) in [7, 11) is 1.56. The van der Waals surface area contributed by atoms with Crippen LogP contribution in [0.5, 0.6) is 5.75 Å². The average molecular weight is 309 g/mol. The first kappa shape index (κ1) is 14.8. The molecule has 0 aromatic heterocycles. The zero-order valence-electron chi connectivity index (χ0n) is 12.4. The molecule has 116 valence electrons. The molecule has 1 heterocycles. The van der Waals surface area contributed by atoms with Gasteiger partial charge >= 0.3 is 0 Å². The molecule has 1 amide bonds. The molecule has 1 fully saturated rings. The maximum atomic E-state index is 12.2. The summed E-state index contributed by atoms with van der Waals surface area (Å²) in [6.45, 7) is 0. The van der Waals surface area contributed by atoms with E-state index in [1.54, 1.807) is 55.6 Å². The van der Waals surface area contributed by atoms with Crippen LogP contribution in [0.15, 0.2) is 60.2 Å². The van der Waals surface area contributed by atoms with Crippen LogP contribution in [0.1, 0.15) is 17.2 Å².